The van der Waals surface area contributed by atoms with Crippen LogP contribution >= 0.6 is 0 Å². The van der Waals surface area contributed by atoms with E-state index in [0.717, 1.165) is 23.7 Å². The smallest absolute Gasteiger partial charge is 0.143 e. The van der Waals surface area contributed by atoms with Crippen molar-refractivity contribution in [1.29, 1.82) is 0 Å². The highest BCUT2D eigenvalue weighted by molar-refractivity contribution is 5.48. The Morgan fingerprint density at radius 3 is 2.43 bits per heavy atom. The molecule has 0 spiro atoms. The molecule has 0 unspecified atom stereocenters. The minimum atomic E-state index is 0.758. The van der Waals surface area contributed by atoms with E-state index in [1.54, 1.807) is 18.1 Å². The highest BCUT2D eigenvalue weighted by Gasteiger charge is 1.99. The Labute approximate surface area is 122 Å². The number of nitrogens with zero attached hydrogens (tertiary/aromatic N) is 4. The number of tetrazole rings is 1. The summed E-state index contributed by atoms with van der Waals surface area (Å²) in [6.07, 6.45) is 1.57. The first-order chi connectivity index (χ1) is 10.3. The van der Waals surface area contributed by atoms with Crippen LogP contribution in [0.5, 0.6) is 5.75 Å². The number of anilines is 1. The number of nitrogens with one attached hydrogen (secondary N) is 1. The van der Waals surface area contributed by atoms with Crippen LogP contribution in [0.4, 0.5) is 5.69 Å². The fourth-order valence-electron chi connectivity index (χ4n) is 1.96. The van der Waals surface area contributed by atoms with Gasteiger partial charge in [-0.2, -0.15) is 0 Å². The summed E-state index contributed by atoms with van der Waals surface area (Å²) in [6.45, 7) is 0.758. The Morgan fingerprint density at radius 2 is 1.81 bits per heavy atom. The molecule has 0 aliphatic rings. The Balaban J connectivity index is 1.62. The Bertz CT molecular complexity index is 677. The van der Waals surface area contributed by atoms with Crippen molar-refractivity contribution in [1.82, 2.24) is 20.2 Å². The number of ether oxygens (including phenoxy) is 1. The number of hydrogen-bond acceptors (Lipinski definition) is 5. The highest BCUT2D eigenvalue weighted by Crippen LogP contribution is 2.15. The van der Waals surface area contributed by atoms with Crippen LogP contribution in [-0.2, 0) is 6.54 Å². The van der Waals surface area contributed by atoms with Gasteiger partial charge < -0.3 is 10.1 Å². The number of aromatic nitrogens is 4. The van der Waals surface area contributed by atoms with E-state index in [1.165, 1.54) is 5.56 Å². The lowest BCUT2D eigenvalue weighted by molar-refractivity contribution is 0.414. The quantitative estimate of drug-likeness (QED) is 0.777. The van der Waals surface area contributed by atoms with E-state index in [2.05, 4.69) is 20.8 Å². The van der Waals surface area contributed by atoms with Gasteiger partial charge in [0.05, 0.1) is 12.8 Å². The van der Waals surface area contributed by atoms with Crippen LogP contribution in [0.1, 0.15) is 5.56 Å². The predicted octanol–water partition coefficient (Wildman–Crippen LogP) is 2.28. The van der Waals surface area contributed by atoms with Crippen molar-refractivity contribution in [3.63, 3.8) is 0 Å². The molecule has 0 amide bonds. The van der Waals surface area contributed by atoms with E-state index >= 15 is 0 Å². The molecule has 106 valence electrons. The lowest BCUT2D eigenvalue weighted by atomic mass is 10.2. The minimum absolute atomic E-state index is 0.758. The second kappa shape index (κ2) is 6.04. The van der Waals surface area contributed by atoms with E-state index in [4.69, 9.17) is 4.74 Å². The van der Waals surface area contributed by atoms with Gasteiger partial charge in [-0.25, -0.2) is 4.68 Å². The van der Waals surface area contributed by atoms with Gasteiger partial charge in [0, 0.05) is 12.2 Å². The van der Waals surface area contributed by atoms with Crippen molar-refractivity contribution in [2.45, 2.75) is 6.54 Å². The second-order valence-corrected chi connectivity index (χ2v) is 4.50. The van der Waals surface area contributed by atoms with Gasteiger partial charge in [-0.05, 0) is 52.4 Å². The molecule has 0 saturated heterocycles. The first-order valence-corrected chi connectivity index (χ1v) is 6.55. The standard InChI is InChI=1S/C15H15N5O/c1-21-15-8-2-12(3-9-15)10-16-13-4-6-14(7-5-13)20-11-17-18-19-20/h2-9,11,16H,10H2,1H3. The molecule has 21 heavy (non-hydrogen) atoms. The summed E-state index contributed by atoms with van der Waals surface area (Å²) in [5.74, 6) is 0.865. The van der Waals surface area contributed by atoms with Crippen molar-refractivity contribution < 1.29 is 4.74 Å². The van der Waals surface area contributed by atoms with Crippen LogP contribution in [0.25, 0.3) is 5.69 Å². The summed E-state index contributed by atoms with van der Waals surface area (Å²) < 4.78 is 6.76. The molecule has 0 saturated carbocycles. The predicted molar refractivity (Wildman–Crippen MR) is 79.5 cm³/mol. The summed E-state index contributed by atoms with van der Waals surface area (Å²) in [5, 5.41) is 14.5. The molecule has 3 aromatic rings. The summed E-state index contributed by atoms with van der Waals surface area (Å²) in [5.41, 5.74) is 3.16. The zero-order valence-corrected chi connectivity index (χ0v) is 11.6. The van der Waals surface area contributed by atoms with Crippen molar-refractivity contribution in [2.24, 2.45) is 0 Å². The summed E-state index contributed by atoms with van der Waals surface area (Å²) in [4.78, 5) is 0. The third-order valence-corrected chi connectivity index (χ3v) is 3.14. The first-order valence-electron chi connectivity index (χ1n) is 6.55. The van der Waals surface area contributed by atoms with Gasteiger partial charge >= 0.3 is 0 Å². The molecule has 0 bridgehead atoms. The molecule has 6 nitrogen and oxygen atoms in total. The molecule has 6 heteroatoms. The average molecular weight is 281 g/mol. The van der Waals surface area contributed by atoms with Crippen LogP contribution in [0.3, 0.4) is 0 Å². The lowest BCUT2D eigenvalue weighted by Gasteiger charge is -2.08. The molecule has 0 atom stereocenters. The van der Waals surface area contributed by atoms with Crippen LogP contribution in [0.2, 0.25) is 0 Å². The summed E-state index contributed by atoms with van der Waals surface area (Å²) >= 11 is 0. The van der Waals surface area contributed by atoms with Gasteiger partial charge in [-0.3, -0.25) is 0 Å². The normalized spacial score (nSPS) is 10.3. The maximum Gasteiger partial charge on any atom is 0.143 e. The maximum absolute atomic E-state index is 5.14. The Morgan fingerprint density at radius 1 is 1.05 bits per heavy atom. The molecule has 1 N–H and O–H groups in total. The lowest BCUT2D eigenvalue weighted by Crippen LogP contribution is -2.00. The molecule has 1 heterocycles. The van der Waals surface area contributed by atoms with Gasteiger partial charge in [0.1, 0.15) is 12.1 Å². The first kappa shape index (κ1) is 13.1. The van der Waals surface area contributed by atoms with Crippen LogP contribution < -0.4 is 10.1 Å². The third kappa shape index (κ3) is 3.17. The Kier molecular flexibility index (Phi) is 3.77. The molecule has 0 aliphatic carbocycles. The number of rotatable bonds is 5. The van der Waals surface area contributed by atoms with Crippen LogP contribution in [0.15, 0.2) is 54.9 Å². The van der Waals surface area contributed by atoms with Gasteiger partial charge in [-0.15, -0.1) is 5.10 Å². The van der Waals surface area contributed by atoms with Crippen molar-refractivity contribution >= 4 is 5.69 Å². The number of methoxy groups -OCH3 is 1. The zero-order valence-electron chi connectivity index (χ0n) is 11.6. The van der Waals surface area contributed by atoms with E-state index in [1.807, 2.05) is 48.5 Å². The summed E-state index contributed by atoms with van der Waals surface area (Å²) in [7, 11) is 1.67. The molecule has 0 fully saturated rings. The fraction of sp³-hybridized carbons (Fsp3) is 0.133. The fourth-order valence-corrected chi connectivity index (χ4v) is 1.96. The van der Waals surface area contributed by atoms with Crippen molar-refractivity contribution in [3.8, 4) is 11.4 Å². The molecular weight excluding hydrogens is 266 g/mol. The van der Waals surface area contributed by atoms with E-state index in [-0.39, 0.29) is 0 Å². The molecule has 0 aliphatic heterocycles. The number of hydrogen-bond donors (Lipinski definition) is 1. The van der Waals surface area contributed by atoms with Crippen molar-refractivity contribution in [3.05, 3.63) is 60.4 Å². The molecule has 0 radical (unpaired) electrons. The van der Waals surface area contributed by atoms with Crippen molar-refractivity contribution in [2.75, 3.05) is 12.4 Å². The molecule has 3 rings (SSSR count). The van der Waals surface area contributed by atoms with Gasteiger partial charge in [0.2, 0.25) is 0 Å². The maximum atomic E-state index is 5.14. The monoisotopic (exact) mass is 281 g/mol. The van der Waals surface area contributed by atoms with E-state index in [0.29, 0.717) is 0 Å². The van der Waals surface area contributed by atoms with Gasteiger partial charge in [-0.1, -0.05) is 12.1 Å². The average Bonchev–Trinajstić information content (AvgIpc) is 3.08. The second-order valence-electron chi connectivity index (χ2n) is 4.50. The zero-order chi connectivity index (χ0) is 14.5. The van der Waals surface area contributed by atoms with Crippen LogP contribution in [-0.4, -0.2) is 27.3 Å². The number of benzene rings is 2. The van der Waals surface area contributed by atoms with E-state index < -0.39 is 0 Å². The summed E-state index contributed by atoms with van der Waals surface area (Å²) in [6, 6.07) is 15.9. The Hall–Kier alpha value is -2.89. The third-order valence-electron chi connectivity index (χ3n) is 3.14. The SMILES string of the molecule is COc1ccc(CNc2ccc(-n3cnnn3)cc2)cc1. The topological polar surface area (TPSA) is 64.9 Å². The minimum Gasteiger partial charge on any atom is -0.497 e. The van der Waals surface area contributed by atoms with Gasteiger partial charge in [0.25, 0.3) is 0 Å². The highest BCUT2D eigenvalue weighted by atomic mass is 16.5. The molecule has 2 aromatic carbocycles. The largest absolute Gasteiger partial charge is 0.497 e. The van der Waals surface area contributed by atoms with Crippen LogP contribution in [0, 0.1) is 0 Å². The molecular formula is C15H15N5O. The van der Waals surface area contributed by atoms with Gasteiger partial charge in [0.15, 0.2) is 0 Å². The van der Waals surface area contributed by atoms with E-state index in [9.17, 15) is 0 Å². The molecule has 1 aromatic heterocycles.